The molecule has 2 aromatic rings. The number of rotatable bonds is 6. The van der Waals surface area contributed by atoms with E-state index >= 15 is 0 Å². The Morgan fingerprint density at radius 2 is 1.08 bits per heavy atom. The molecule has 3 nitrogen and oxygen atoms in total. The molecule has 0 saturated carbocycles. The zero-order valence-corrected chi connectivity index (χ0v) is 18.1. The third-order valence-corrected chi connectivity index (χ3v) is 4.60. The van der Waals surface area contributed by atoms with Crippen molar-refractivity contribution < 1.29 is 0 Å². The van der Waals surface area contributed by atoms with E-state index in [9.17, 15) is 0 Å². The first-order chi connectivity index (χ1) is 11.5. The van der Waals surface area contributed by atoms with Gasteiger partial charge in [0, 0.05) is 20.4 Å². The number of hydrogen-bond acceptors (Lipinski definition) is 3. The highest BCUT2D eigenvalue weighted by atomic mass is 79.9. The van der Waals surface area contributed by atoms with Crippen molar-refractivity contribution in [2.24, 2.45) is 9.98 Å². The molecule has 0 unspecified atom stereocenters. The van der Waals surface area contributed by atoms with Gasteiger partial charge in [0.15, 0.2) is 0 Å². The Morgan fingerprint density at radius 1 is 0.760 bits per heavy atom. The van der Waals surface area contributed by atoms with Crippen molar-refractivity contribution in [2.75, 3.05) is 13.1 Å². The Kier molecular flexibility index (Phi) is 9.25. The molecule has 25 heavy (non-hydrogen) atoms. The normalized spacial score (nSPS) is 11.8. The summed E-state index contributed by atoms with van der Waals surface area (Å²) in [4.78, 5) is 8.98. The molecule has 0 radical (unpaired) electrons. The van der Waals surface area contributed by atoms with Crippen LogP contribution in [0.1, 0.15) is 25.0 Å². The van der Waals surface area contributed by atoms with Crippen LogP contribution < -0.4 is 0 Å². The first kappa shape index (κ1) is 21.7. The lowest BCUT2D eigenvalue weighted by Gasteiger charge is -2.04. The molecule has 0 amide bonds. The molecule has 0 saturated heterocycles. The van der Waals surface area contributed by atoms with Gasteiger partial charge in [-0.05, 0) is 49.2 Å². The lowest BCUT2D eigenvalue weighted by Crippen LogP contribution is -2.10. The van der Waals surface area contributed by atoms with Gasteiger partial charge in [-0.25, -0.2) is 0 Å². The van der Waals surface area contributed by atoms with Crippen LogP contribution in [-0.4, -0.2) is 30.2 Å². The number of benzene rings is 2. The first-order valence-electron chi connectivity index (χ1n) is 7.56. The van der Waals surface area contributed by atoms with Crippen LogP contribution in [0.2, 0.25) is 0 Å². The summed E-state index contributed by atoms with van der Waals surface area (Å²) in [5.41, 5.74) is 4.51. The Bertz CT molecular complexity index is 701. The van der Waals surface area contributed by atoms with E-state index < -0.39 is 0 Å². The summed E-state index contributed by atoms with van der Waals surface area (Å²) in [5.74, 6) is 0. The van der Waals surface area contributed by atoms with Gasteiger partial charge >= 0.3 is 0 Å². The maximum atomic E-state index is 8.04. The minimum Gasteiger partial charge on any atom is -0.306 e. The van der Waals surface area contributed by atoms with E-state index in [2.05, 4.69) is 41.8 Å². The molecule has 0 aliphatic carbocycles. The van der Waals surface area contributed by atoms with Crippen molar-refractivity contribution in [1.82, 2.24) is 0 Å². The van der Waals surface area contributed by atoms with Crippen molar-refractivity contribution in [3.63, 3.8) is 0 Å². The monoisotopic (exact) mass is 483 g/mol. The third-order valence-electron chi connectivity index (χ3n) is 3.54. The summed E-state index contributed by atoms with van der Waals surface area (Å²) in [5, 5.41) is 8.04. The molecule has 0 aromatic heterocycles. The molecule has 0 aliphatic heterocycles. The summed E-state index contributed by atoms with van der Waals surface area (Å²) in [6, 6.07) is 16.0. The summed E-state index contributed by atoms with van der Waals surface area (Å²) in [6.45, 7) is 4.68. The van der Waals surface area contributed by atoms with Crippen molar-refractivity contribution in [1.29, 1.82) is 5.41 Å². The van der Waals surface area contributed by atoms with Crippen molar-refractivity contribution >= 4 is 61.4 Å². The van der Waals surface area contributed by atoms with Crippen LogP contribution in [0.5, 0.6) is 0 Å². The molecule has 0 aliphatic rings. The van der Waals surface area contributed by atoms with Crippen LogP contribution in [0.3, 0.4) is 0 Å². The van der Waals surface area contributed by atoms with Gasteiger partial charge in [-0.2, -0.15) is 0 Å². The number of halogens is 3. The molecule has 2 aromatic carbocycles. The molecule has 0 atom stereocenters. The molecule has 1 N–H and O–H groups in total. The van der Waals surface area contributed by atoms with E-state index in [1.54, 1.807) is 0 Å². The van der Waals surface area contributed by atoms with Gasteiger partial charge in [0.2, 0.25) is 0 Å². The van der Waals surface area contributed by atoms with Crippen LogP contribution in [0.15, 0.2) is 67.5 Å². The van der Waals surface area contributed by atoms with Crippen molar-refractivity contribution in [3.05, 3.63) is 68.6 Å². The second kappa shape index (κ2) is 10.6. The number of nitrogens with one attached hydrogen (secondary N) is 1. The zero-order chi connectivity index (χ0) is 17.5. The molecule has 0 spiro atoms. The van der Waals surface area contributed by atoms with Gasteiger partial charge in [0.1, 0.15) is 0 Å². The fourth-order valence-electron chi connectivity index (χ4n) is 2.04. The third kappa shape index (κ3) is 7.22. The van der Waals surface area contributed by atoms with Crippen LogP contribution in [0.4, 0.5) is 0 Å². The maximum absolute atomic E-state index is 8.04. The van der Waals surface area contributed by atoms with Crippen LogP contribution in [0, 0.1) is 5.41 Å². The standard InChI is InChI=1S/C19H19Br2N3.ClH/c1-13(15-3-7-17(20)8-4-15)23-11-19(22)12-24-14(2)16-5-9-18(21)10-6-16;/h3-10,22H,11-12H2,1-2H3;1H. The fraction of sp³-hybridized carbons (Fsp3) is 0.211. The Hall–Kier alpha value is -1.30. The predicted molar refractivity (Wildman–Crippen MR) is 117 cm³/mol. The highest BCUT2D eigenvalue weighted by Crippen LogP contribution is 2.12. The summed E-state index contributed by atoms with van der Waals surface area (Å²) >= 11 is 6.85. The van der Waals surface area contributed by atoms with Crippen LogP contribution in [-0.2, 0) is 0 Å². The topological polar surface area (TPSA) is 48.6 Å². The van der Waals surface area contributed by atoms with Crippen LogP contribution in [0.25, 0.3) is 0 Å². The highest BCUT2D eigenvalue weighted by molar-refractivity contribution is 9.10. The molecular weight excluding hydrogens is 465 g/mol. The van der Waals surface area contributed by atoms with Crippen LogP contribution >= 0.6 is 44.3 Å². The van der Waals surface area contributed by atoms with E-state index in [-0.39, 0.29) is 12.4 Å². The van der Waals surface area contributed by atoms with Gasteiger partial charge in [-0.1, -0.05) is 56.1 Å². The molecule has 2 rings (SSSR count). The smallest absolute Gasteiger partial charge is 0.0787 e. The Labute approximate surface area is 171 Å². The summed E-state index contributed by atoms with van der Waals surface area (Å²) in [6.07, 6.45) is 0. The quantitative estimate of drug-likeness (QED) is 0.490. The Balaban J connectivity index is 0.00000312. The molecule has 0 bridgehead atoms. The van der Waals surface area contributed by atoms with Crippen molar-refractivity contribution in [3.8, 4) is 0 Å². The number of hydrogen-bond donors (Lipinski definition) is 1. The highest BCUT2D eigenvalue weighted by Gasteiger charge is 2.01. The lowest BCUT2D eigenvalue weighted by molar-refractivity contribution is 1.16. The molecule has 6 heteroatoms. The fourth-order valence-corrected chi connectivity index (χ4v) is 2.57. The van der Waals surface area contributed by atoms with E-state index in [0.717, 1.165) is 31.5 Å². The van der Waals surface area contributed by atoms with Crippen molar-refractivity contribution in [2.45, 2.75) is 13.8 Å². The predicted octanol–water partition coefficient (Wildman–Crippen LogP) is 5.97. The molecule has 0 heterocycles. The molecular formula is C19H20Br2ClN3. The first-order valence-corrected chi connectivity index (χ1v) is 9.14. The largest absolute Gasteiger partial charge is 0.306 e. The lowest BCUT2D eigenvalue weighted by atomic mass is 10.1. The van der Waals surface area contributed by atoms with Gasteiger partial charge in [-0.3, -0.25) is 9.98 Å². The SMILES string of the molecule is CC(=NCC(=N)CN=C(C)c1ccc(Br)cc1)c1ccc(Br)cc1.Cl. The number of aliphatic imine (C=N–C) groups is 2. The maximum Gasteiger partial charge on any atom is 0.0787 e. The van der Waals surface area contributed by atoms with Gasteiger partial charge in [0.25, 0.3) is 0 Å². The van der Waals surface area contributed by atoms with Gasteiger partial charge in [-0.15, -0.1) is 12.4 Å². The average molecular weight is 486 g/mol. The average Bonchev–Trinajstić information content (AvgIpc) is 2.58. The van der Waals surface area contributed by atoms with Gasteiger partial charge < -0.3 is 5.41 Å². The zero-order valence-electron chi connectivity index (χ0n) is 14.1. The minimum absolute atomic E-state index is 0. The van der Waals surface area contributed by atoms with Gasteiger partial charge in [0.05, 0.1) is 18.8 Å². The summed E-state index contributed by atoms with van der Waals surface area (Å²) in [7, 11) is 0. The van der Waals surface area contributed by atoms with E-state index in [1.807, 2.05) is 62.4 Å². The molecule has 0 fully saturated rings. The molecule has 132 valence electrons. The van der Waals surface area contributed by atoms with E-state index in [1.165, 1.54) is 0 Å². The second-order valence-electron chi connectivity index (χ2n) is 5.42. The second-order valence-corrected chi connectivity index (χ2v) is 7.25. The van der Waals surface area contributed by atoms with E-state index in [4.69, 9.17) is 5.41 Å². The minimum atomic E-state index is 0. The van der Waals surface area contributed by atoms with E-state index in [0.29, 0.717) is 18.8 Å². The number of nitrogens with zero attached hydrogens (tertiary/aromatic N) is 2. The Morgan fingerprint density at radius 3 is 1.40 bits per heavy atom. The summed E-state index contributed by atoms with van der Waals surface area (Å²) < 4.78 is 2.09.